The molecule has 1 aromatic heterocycles. The minimum absolute atomic E-state index is 0.517. The van der Waals surface area contributed by atoms with E-state index >= 15 is 0 Å². The maximum Gasteiger partial charge on any atom is 0.149 e. The summed E-state index contributed by atoms with van der Waals surface area (Å²) in [6, 6.07) is 15.9. The molecule has 0 aliphatic carbocycles. The Hall–Kier alpha value is -1.94. The molecule has 0 unspecified atom stereocenters. The highest BCUT2D eigenvalue weighted by atomic mass is 79.9. The molecule has 0 aliphatic rings. The Labute approximate surface area is 119 Å². The Morgan fingerprint density at radius 3 is 2.63 bits per heavy atom. The Morgan fingerprint density at radius 1 is 1.00 bits per heavy atom. The maximum absolute atomic E-state index is 5.83. The summed E-state index contributed by atoms with van der Waals surface area (Å²) in [5.74, 6) is 0.758. The van der Waals surface area contributed by atoms with E-state index in [-0.39, 0.29) is 0 Å². The molecule has 94 valence electrons. The van der Waals surface area contributed by atoms with E-state index in [1.807, 2.05) is 48.5 Å². The van der Waals surface area contributed by atoms with Crippen LogP contribution in [0, 0.1) is 0 Å². The predicted octanol–water partition coefficient (Wildman–Crippen LogP) is 3.97. The summed E-state index contributed by atoms with van der Waals surface area (Å²) in [7, 11) is 0. The molecule has 0 spiro atoms. The average Bonchev–Trinajstić information content (AvgIpc) is 2.47. The summed E-state index contributed by atoms with van der Waals surface area (Å²) in [5, 5.41) is 9.01. The fraction of sp³-hybridized carbons (Fsp3) is 0.0667. The van der Waals surface area contributed by atoms with Crippen LogP contribution in [0.25, 0.3) is 10.9 Å². The molecule has 0 atom stereocenters. The van der Waals surface area contributed by atoms with Crippen molar-refractivity contribution in [3.8, 4) is 5.75 Å². The van der Waals surface area contributed by atoms with Crippen molar-refractivity contribution in [2.75, 3.05) is 0 Å². The van der Waals surface area contributed by atoms with Gasteiger partial charge in [-0.1, -0.05) is 40.2 Å². The van der Waals surface area contributed by atoms with Crippen molar-refractivity contribution in [2.24, 2.45) is 0 Å². The predicted molar refractivity (Wildman–Crippen MR) is 78.0 cm³/mol. The quantitative estimate of drug-likeness (QED) is 0.733. The van der Waals surface area contributed by atoms with Gasteiger partial charge in [-0.3, -0.25) is 0 Å². The molecule has 0 saturated heterocycles. The van der Waals surface area contributed by atoms with Gasteiger partial charge in [0.1, 0.15) is 12.4 Å². The number of fused-ring (bicyclic) bond motifs is 1. The minimum atomic E-state index is 0.517. The average molecular weight is 315 g/mol. The van der Waals surface area contributed by atoms with Crippen LogP contribution in [0.1, 0.15) is 5.56 Å². The van der Waals surface area contributed by atoms with E-state index < -0.39 is 0 Å². The first-order valence-corrected chi connectivity index (χ1v) is 6.70. The Balaban J connectivity index is 1.84. The fourth-order valence-electron chi connectivity index (χ4n) is 1.84. The molecular weight excluding hydrogens is 304 g/mol. The highest BCUT2D eigenvalue weighted by Gasteiger charge is 2.03. The van der Waals surface area contributed by atoms with Crippen LogP contribution < -0.4 is 4.74 Å². The van der Waals surface area contributed by atoms with Crippen LogP contribution in [-0.4, -0.2) is 10.2 Å². The molecule has 3 aromatic rings. The Kier molecular flexibility index (Phi) is 3.42. The normalized spacial score (nSPS) is 10.6. The molecule has 4 heteroatoms. The lowest BCUT2D eigenvalue weighted by molar-refractivity contribution is 0.308. The summed E-state index contributed by atoms with van der Waals surface area (Å²) in [4.78, 5) is 0. The van der Waals surface area contributed by atoms with Gasteiger partial charge in [0, 0.05) is 9.86 Å². The van der Waals surface area contributed by atoms with Crippen molar-refractivity contribution in [3.05, 3.63) is 64.8 Å². The lowest BCUT2D eigenvalue weighted by atomic mass is 10.2. The standard InChI is InChI=1S/C15H11BrN2O/c16-12-7-5-11(6-8-12)10-19-15-9-17-18-14-4-2-1-3-13(14)15/h1-9H,10H2. The number of rotatable bonds is 3. The lowest BCUT2D eigenvalue weighted by Crippen LogP contribution is -1.97. The molecule has 3 rings (SSSR count). The number of aromatic nitrogens is 2. The van der Waals surface area contributed by atoms with Gasteiger partial charge in [0.25, 0.3) is 0 Å². The zero-order valence-electron chi connectivity index (χ0n) is 10.1. The molecule has 0 amide bonds. The van der Waals surface area contributed by atoms with E-state index in [4.69, 9.17) is 4.74 Å². The molecule has 0 N–H and O–H groups in total. The summed E-state index contributed by atoms with van der Waals surface area (Å²) in [6.07, 6.45) is 1.65. The van der Waals surface area contributed by atoms with Gasteiger partial charge in [0.15, 0.2) is 0 Å². The Morgan fingerprint density at radius 2 is 1.79 bits per heavy atom. The van der Waals surface area contributed by atoms with Gasteiger partial charge in [-0.2, -0.15) is 10.2 Å². The first-order valence-electron chi connectivity index (χ1n) is 5.90. The van der Waals surface area contributed by atoms with Gasteiger partial charge in [0.2, 0.25) is 0 Å². The molecule has 0 aliphatic heterocycles. The highest BCUT2D eigenvalue weighted by Crippen LogP contribution is 2.23. The minimum Gasteiger partial charge on any atom is -0.487 e. The number of benzene rings is 2. The SMILES string of the molecule is Brc1ccc(COc2cnnc3ccccc23)cc1. The van der Waals surface area contributed by atoms with Crippen molar-refractivity contribution in [1.82, 2.24) is 10.2 Å². The van der Waals surface area contributed by atoms with E-state index in [0.29, 0.717) is 6.61 Å². The van der Waals surface area contributed by atoms with Gasteiger partial charge in [-0.05, 0) is 29.8 Å². The summed E-state index contributed by atoms with van der Waals surface area (Å²) < 4.78 is 6.89. The van der Waals surface area contributed by atoms with E-state index in [1.54, 1.807) is 6.20 Å². The molecule has 0 bridgehead atoms. The van der Waals surface area contributed by atoms with Crippen molar-refractivity contribution >= 4 is 26.8 Å². The topological polar surface area (TPSA) is 35.0 Å². The Bertz CT molecular complexity index is 693. The third-order valence-electron chi connectivity index (χ3n) is 2.82. The van der Waals surface area contributed by atoms with Gasteiger partial charge >= 0.3 is 0 Å². The van der Waals surface area contributed by atoms with Crippen molar-refractivity contribution in [2.45, 2.75) is 6.61 Å². The number of ether oxygens (including phenoxy) is 1. The zero-order valence-corrected chi connectivity index (χ0v) is 11.7. The molecule has 0 saturated carbocycles. The monoisotopic (exact) mass is 314 g/mol. The smallest absolute Gasteiger partial charge is 0.149 e. The van der Waals surface area contributed by atoms with Crippen LogP contribution in [0.5, 0.6) is 5.75 Å². The third kappa shape index (κ3) is 2.74. The largest absolute Gasteiger partial charge is 0.487 e. The molecular formula is C15H11BrN2O. The number of halogens is 1. The van der Waals surface area contributed by atoms with E-state index in [2.05, 4.69) is 26.1 Å². The van der Waals surface area contributed by atoms with E-state index in [9.17, 15) is 0 Å². The van der Waals surface area contributed by atoms with Crippen LogP contribution in [0.4, 0.5) is 0 Å². The van der Waals surface area contributed by atoms with Gasteiger partial charge in [-0.15, -0.1) is 0 Å². The van der Waals surface area contributed by atoms with E-state index in [0.717, 1.165) is 26.7 Å². The summed E-state index contributed by atoms with van der Waals surface area (Å²) in [5.41, 5.74) is 1.96. The summed E-state index contributed by atoms with van der Waals surface area (Å²) >= 11 is 3.41. The number of hydrogen-bond donors (Lipinski definition) is 0. The second-order valence-corrected chi connectivity index (χ2v) is 5.06. The fourth-order valence-corrected chi connectivity index (χ4v) is 2.10. The lowest BCUT2D eigenvalue weighted by Gasteiger charge is -2.08. The first kappa shape index (κ1) is 12.1. The molecule has 0 fully saturated rings. The summed E-state index contributed by atoms with van der Waals surface area (Å²) in [6.45, 7) is 0.517. The first-order chi connectivity index (χ1) is 9.33. The number of hydrogen-bond acceptors (Lipinski definition) is 3. The van der Waals surface area contributed by atoms with Crippen LogP contribution in [0.3, 0.4) is 0 Å². The second kappa shape index (κ2) is 5.36. The zero-order chi connectivity index (χ0) is 13.1. The molecule has 0 radical (unpaired) electrons. The van der Waals surface area contributed by atoms with Crippen molar-refractivity contribution < 1.29 is 4.74 Å². The maximum atomic E-state index is 5.83. The molecule has 1 heterocycles. The van der Waals surface area contributed by atoms with Crippen molar-refractivity contribution in [3.63, 3.8) is 0 Å². The van der Waals surface area contributed by atoms with Crippen LogP contribution in [-0.2, 0) is 6.61 Å². The van der Waals surface area contributed by atoms with Gasteiger partial charge < -0.3 is 4.74 Å². The van der Waals surface area contributed by atoms with Crippen LogP contribution in [0.2, 0.25) is 0 Å². The third-order valence-corrected chi connectivity index (χ3v) is 3.35. The highest BCUT2D eigenvalue weighted by molar-refractivity contribution is 9.10. The number of nitrogens with zero attached hydrogens (tertiary/aromatic N) is 2. The van der Waals surface area contributed by atoms with Gasteiger partial charge in [0.05, 0.1) is 11.7 Å². The van der Waals surface area contributed by atoms with E-state index in [1.165, 1.54) is 0 Å². The van der Waals surface area contributed by atoms with Crippen LogP contribution >= 0.6 is 15.9 Å². The molecule has 3 nitrogen and oxygen atoms in total. The van der Waals surface area contributed by atoms with Gasteiger partial charge in [-0.25, -0.2) is 0 Å². The van der Waals surface area contributed by atoms with Crippen molar-refractivity contribution in [1.29, 1.82) is 0 Å². The second-order valence-electron chi connectivity index (χ2n) is 4.14. The van der Waals surface area contributed by atoms with Crippen LogP contribution in [0.15, 0.2) is 59.2 Å². The molecule has 2 aromatic carbocycles. The molecule has 19 heavy (non-hydrogen) atoms.